The summed E-state index contributed by atoms with van der Waals surface area (Å²) < 4.78 is 47.1. The zero-order valence-electron chi connectivity index (χ0n) is 22.9. The summed E-state index contributed by atoms with van der Waals surface area (Å²) in [4.78, 5) is 19.3. The highest BCUT2D eigenvalue weighted by atomic mass is 19.4. The van der Waals surface area contributed by atoms with Crippen LogP contribution in [-0.2, 0) is 17.3 Å². The van der Waals surface area contributed by atoms with E-state index in [1.54, 1.807) is 6.07 Å². The van der Waals surface area contributed by atoms with Crippen LogP contribution >= 0.6 is 0 Å². The zero-order valence-corrected chi connectivity index (χ0v) is 22.9. The Bertz CT molecular complexity index is 1730. The molecule has 2 aromatic carbocycles. The second-order valence-electron chi connectivity index (χ2n) is 11.2. The number of H-pyrrole nitrogens is 1. The van der Waals surface area contributed by atoms with Gasteiger partial charge in [-0.25, -0.2) is 19.6 Å². The van der Waals surface area contributed by atoms with Crippen LogP contribution in [0.5, 0.6) is 0 Å². The van der Waals surface area contributed by atoms with Crippen LogP contribution in [0, 0.1) is 0 Å². The molecule has 2 fully saturated rings. The summed E-state index contributed by atoms with van der Waals surface area (Å²) in [6.07, 6.45) is 1.53. The normalized spacial score (nSPS) is 20.5. The van der Waals surface area contributed by atoms with E-state index in [2.05, 4.69) is 24.8 Å². The molecule has 3 aromatic heterocycles. The Kier molecular flexibility index (Phi) is 6.82. The Morgan fingerprint density at radius 2 is 1.76 bits per heavy atom. The third-order valence-corrected chi connectivity index (χ3v) is 8.52. The molecule has 0 spiro atoms. The molecule has 42 heavy (non-hydrogen) atoms. The van der Waals surface area contributed by atoms with E-state index in [-0.39, 0.29) is 12.5 Å². The number of halogens is 3. The lowest BCUT2D eigenvalue weighted by Gasteiger charge is -2.38. The molecule has 1 saturated carbocycles. The molecule has 218 valence electrons. The second-order valence-corrected chi connectivity index (χ2v) is 11.2. The first-order valence-electron chi connectivity index (χ1n) is 14.3. The Balaban J connectivity index is 1.17. The molecule has 5 aromatic rings. The summed E-state index contributed by atoms with van der Waals surface area (Å²) in [5.41, 5.74) is 9.98. The highest BCUT2D eigenvalue weighted by molar-refractivity contribution is 5.99. The van der Waals surface area contributed by atoms with Crippen molar-refractivity contribution in [2.75, 3.05) is 32.0 Å². The number of aromatic amines is 1. The van der Waals surface area contributed by atoms with E-state index < -0.39 is 11.7 Å². The molecular formula is C30H31F3N8O. The van der Waals surface area contributed by atoms with Gasteiger partial charge in [-0.15, -0.1) is 0 Å². The van der Waals surface area contributed by atoms with E-state index in [0.717, 1.165) is 91.7 Å². The van der Waals surface area contributed by atoms with Gasteiger partial charge in [-0.1, -0.05) is 24.3 Å². The fourth-order valence-corrected chi connectivity index (χ4v) is 6.41. The molecule has 7 rings (SSSR count). The summed E-state index contributed by atoms with van der Waals surface area (Å²) in [6, 6.07) is 11.9. The maximum absolute atomic E-state index is 13.2. The molecule has 0 bridgehead atoms. The molecule has 0 atom stereocenters. The molecule has 2 aliphatic rings. The number of imidazole rings is 1. The highest BCUT2D eigenvalue weighted by Crippen LogP contribution is 2.37. The van der Waals surface area contributed by atoms with E-state index in [1.807, 2.05) is 22.9 Å². The van der Waals surface area contributed by atoms with Crippen molar-refractivity contribution in [1.82, 2.24) is 34.6 Å². The van der Waals surface area contributed by atoms with Gasteiger partial charge in [-0.05, 0) is 49.4 Å². The van der Waals surface area contributed by atoms with Crippen molar-refractivity contribution < 1.29 is 17.9 Å². The van der Waals surface area contributed by atoms with Gasteiger partial charge < -0.3 is 15.5 Å². The maximum Gasteiger partial charge on any atom is 0.416 e. The van der Waals surface area contributed by atoms with Crippen LogP contribution in [0.4, 0.5) is 19.0 Å². The summed E-state index contributed by atoms with van der Waals surface area (Å²) in [7, 11) is 0. The molecule has 1 aliphatic heterocycles. The lowest BCUT2D eigenvalue weighted by atomic mass is 9.90. The van der Waals surface area contributed by atoms with Crippen LogP contribution in [0.15, 0.2) is 48.8 Å². The first-order chi connectivity index (χ1) is 20.3. The van der Waals surface area contributed by atoms with Crippen molar-refractivity contribution in [2.45, 2.75) is 50.4 Å². The van der Waals surface area contributed by atoms with E-state index in [9.17, 15) is 13.2 Å². The van der Waals surface area contributed by atoms with Crippen LogP contribution in [0.1, 0.15) is 48.7 Å². The minimum atomic E-state index is -4.39. The minimum absolute atomic E-state index is 0.211. The monoisotopic (exact) mass is 576 g/mol. The van der Waals surface area contributed by atoms with Crippen molar-refractivity contribution in [1.29, 1.82) is 0 Å². The van der Waals surface area contributed by atoms with Crippen molar-refractivity contribution in [3.05, 3.63) is 65.7 Å². The summed E-state index contributed by atoms with van der Waals surface area (Å²) in [5.74, 6) is 0.954. The van der Waals surface area contributed by atoms with Gasteiger partial charge in [0.05, 0.1) is 41.2 Å². The molecule has 0 unspecified atom stereocenters. The van der Waals surface area contributed by atoms with E-state index in [4.69, 9.17) is 15.6 Å². The van der Waals surface area contributed by atoms with Crippen LogP contribution < -0.4 is 5.73 Å². The topological polar surface area (TPSA) is 111 Å². The number of nitrogens with two attached hydrogens (primary N) is 1. The highest BCUT2D eigenvalue weighted by Gasteiger charge is 2.31. The van der Waals surface area contributed by atoms with E-state index in [1.165, 1.54) is 12.4 Å². The van der Waals surface area contributed by atoms with Gasteiger partial charge in [0.15, 0.2) is 5.65 Å². The van der Waals surface area contributed by atoms with Gasteiger partial charge in [0.1, 0.15) is 23.7 Å². The number of ether oxygens (including phenoxy) is 1. The van der Waals surface area contributed by atoms with Crippen LogP contribution in [0.25, 0.3) is 33.3 Å². The molecule has 3 N–H and O–H groups in total. The number of alkyl halides is 3. The zero-order chi connectivity index (χ0) is 28.8. The number of hydrogen-bond donors (Lipinski definition) is 2. The van der Waals surface area contributed by atoms with E-state index in [0.29, 0.717) is 28.9 Å². The van der Waals surface area contributed by atoms with Crippen molar-refractivity contribution in [2.24, 2.45) is 0 Å². The number of nitrogens with one attached hydrogen (secondary N) is 1. The Morgan fingerprint density at radius 1 is 0.976 bits per heavy atom. The summed E-state index contributed by atoms with van der Waals surface area (Å²) >= 11 is 0. The van der Waals surface area contributed by atoms with Crippen LogP contribution in [0.2, 0.25) is 0 Å². The van der Waals surface area contributed by atoms with Gasteiger partial charge in [0.25, 0.3) is 0 Å². The van der Waals surface area contributed by atoms with Crippen molar-refractivity contribution in [3.63, 3.8) is 0 Å². The molecule has 1 saturated heterocycles. The first kappa shape index (κ1) is 26.8. The third kappa shape index (κ3) is 5.09. The fourth-order valence-electron chi connectivity index (χ4n) is 6.41. The number of benzene rings is 2. The SMILES string of the molecule is Nc1ncnc2c1c(-c1ccc3nc(Cc4cccc(C(F)(F)F)c4)[nH]c3c1)nn2C1CCC(N2CCOCC2)CC1. The quantitative estimate of drug-likeness (QED) is 0.289. The van der Waals surface area contributed by atoms with Gasteiger partial charge in [0.2, 0.25) is 0 Å². The number of nitrogen functional groups attached to an aromatic ring is 1. The minimum Gasteiger partial charge on any atom is -0.383 e. The average molecular weight is 577 g/mol. The smallest absolute Gasteiger partial charge is 0.383 e. The lowest BCUT2D eigenvalue weighted by Crippen LogP contribution is -2.45. The van der Waals surface area contributed by atoms with Gasteiger partial charge in [-0.3, -0.25) is 4.90 Å². The summed E-state index contributed by atoms with van der Waals surface area (Å²) in [5, 5.41) is 5.77. The molecule has 4 heterocycles. The number of nitrogens with zero attached hydrogens (tertiary/aromatic N) is 6. The summed E-state index contributed by atoms with van der Waals surface area (Å²) in [6.45, 7) is 3.59. The standard InChI is InChI=1S/C30H31F3N8O/c31-30(32,33)20-3-1-2-18(14-20)15-25-37-23-9-4-19(16-24(23)38-25)27-26-28(34)35-17-36-29(26)41(39-27)22-7-5-21(6-8-22)40-10-12-42-13-11-40/h1-4,9,14,16-17,21-22H,5-8,10-13,15H2,(H,37,38)(H2,34,35,36). The number of rotatable bonds is 5. The molecule has 0 amide bonds. The lowest BCUT2D eigenvalue weighted by molar-refractivity contribution is -0.137. The number of anilines is 1. The van der Waals surface area contributed by atoms with Crippen LogP contribution in [-0.4, -0.2) is 67.0 Å². The predicted octanol–water partition coefficient (Wildman–Crippen LogP) is 5.38. The Hall–Kier alpha value is -4.03. The molecular weight excluding hydrogens is 545 g/mol. The largest absolute Gasteiger partial charge is 0.416 e. The van der Waals surface area contributed by atoms with Crippen molar-refractivity contribution in [3.8, 4) is 11.3 Å². The molecule has 1 aliphatic carbocycles. The second kappa shape index (κ2) is 10.7. The number of fused-ring (bicyclic) bond motifs is 2. The van der Waals surface area contributed by atoms with Crippen LogP contribution in [0.3, 0.4) is 0 Å². The Labute approximate surface area is 239 Å². The van der Waals surface area contributed by atoms with E-state index >= 15 is 0 Å². The molecule has 12 heteroatoms. The molecule has 0 radical (unpaired) electrons. The third-order valence-electron chi connectivity index (χ3n) is 8.52. The maximum atomic E-state index is 13.2. The predicted molar refractivity (Wildman–Crippen MR) is 153 cm³/mol. The number of aromatic nitrogens is 6. The van der Waals surface area contributed by atoms with Gasteiger partial charge in [0, 0.05) is 31.1 Å². The van der Waals surface area contributed by atoms with Crippen molar-refractivity contribution >= 4 is 27.9 Å². The first-order valence-corrected chi connectivity index (χ1v) is 14.3. The fraction of sp³-hybridized carbons (Fsp3) is 0.400. The average Bonchev–Trinajstić information content (AvgIpc) is 3.59. The Morgan fingerprint density at radius 3 is 2.55 bits per heavy atom. The molecule has 9 nitrogen and oxygen atoms in total. The number of hydrogen-bond acceptors (Lipinski definition) is 7. The van der Waals surface area contributed by atoms with Gasteiger partial charge in [-0.2, -0.15) is 18.3 Å². The van der Waals surface area contributed by atoms with Gasteiger partial charge >= 0.3 is 6.18 Å². The number of morpholine rings is 1.